The monoisotopic (exact) mass is 197 g/mol. The van der Waals surface area contributed by atoms with Crippen LogP contribution in [0.4, 0.5) is 0 Å². The van der Waals surface area contributed by atoms with Crippen molar-refractivity contribution in [2.45, 2.75) is 51.5 Å². The molecule has 2 bridgehead atoms. The Morgan fingerprint density at radius 1 is 1.46 bits per heavy atom. The number of rotatable bonds is 2. The minimum atomic E-state index is 0.817. The molecule has 1 nitrogen and oxygen atoms in total. The Bertz CT molecular complexity index is 202. The molecule has 2 atom stereocenters. The first-order chi connectivity index (χ1) is 6.31. The predicted molar refractivity (Wildman–Crippen MR) is 60.0 cm³/mol. The molecule has 0 N–H and O–H groups in total. The normalized spacial score (nSPS) is 32.2. The highest BCUT2D eigenvalue weighted by Crippen LogP contribution is 2.35. The summed E-state index contributed by atoms with van der Waals surface area (Å²) in [7, 11) is 0. The number of hydrogen-bond donors (Lipinski definition) is 0. The van der Waals surface area contributed by atoms with E-state index in [2.05, 4.69) is 11.8 Å². The van der Waals surface area contributed by atoms with Crippen molar-refractivity contribution in [1.29, 1.82) is 0 Å². The van der Waals surface area contributed by atoms with E-state index in [-0.39, 0.29) is 0 Å². The van der Waals surface area contributed by atoms with Crippen LogP contribution in [0.15, 0.2) is 0 Å². The lowest BCUT2D eigenvalue weighted by molar-refractivity contribution is 0.353. The van der Waals surface area contributed by atoms with Crippen molar-refractivity contribution >= 4 is 17.2 Å². The van der Waals surface area contributed by atoms with Gasteiger partial charge in [-0.05, 0) is 38.0 Å². The van der Waals surface area contributed by atoms with E-state index in [0.29, 0.717) is 0 Å². The molecule has 2 fully saturated rings. The highest BCUT2D eigenvalue weighted by Gasteiger charge is 2.35. The van der Waals surface area contributed by atoms with Gasteiger partial charge in [0.25, 0.3) is 0 Å². The third-order valence-corrected chi connectivity index (χ3v) is 3.87. The molecule has 0 radical (unpaired) electrons. The summed E-state index contributed by atoms with van der Waals surface area (Å²) in [5, 5.41) is 0. The van der Waals surface area contributed by atoms with Gasteiger partial charge in [-0.15, -0.1) is 0 Å². The van der Waals surface area contributed by atoms with Crippen LogP contribution in [0.5, 0.6) is 0 Å². The Balaban J connectivity index is 1.96. The fraction of sp³-hybridized carbons (Fsp3) is 0.909. The van der Waals surface area contributed by atoms with E-state index in [9.17, 15) is 0 Å². The van der Waals surface area contributed by atoms with Gasteiger partial charge in [-0.1, -0.05) is 25.6 Å². The van der Waals surface area contributed by atoms with Crippen molar-refractivity contribution in [3.63, 3.8) is 0 Å². The Morgan fingerprint density at radius 3 is 3.00 bits per heavy atom. The van der Waals surface area contributed by atoms with E-state index in [1.165, 1.54) is 43.6 Å². The van der Waals surface area contributed by atoms with Gasteiger partial charge in [0.1, 0.15) is 0 Å². The Hall–Kier alpha value is -0.110. The van der Waals surface area contributed by atoms with Crippen LogP contribution in [0, 0.1) is 5.92 Å². The van der Waals surface area contributed by atoms with E-state index in [1.54, 1.807) is 0 Å². The van der Waals surface area contributed by atoms with Gasteiger partial charge < -0.3 is 4.90 Å². The maximum absolute atomic E-state index is 5.46. The second-order valence-corrected chi connectivity index (χ2v) is 4.95. The first-order valence-electron chi connectivity index (χ1n) is 5.60. The summed E-state index contributed by atoms with van der Waals surface area (Å²) in [6, 6.07) is 0.817. The van der Waals surface area contributed by atoms with Crippen LogP contribution in [0.3, 0.4) is 0 Å². The first-order valence-corrected chi connectivity index (χ1v) is 6.01. The summed E-state index contributed by atoms with van der Waals surface area (Å²) < 4.78 is 0. The molecule has 2 heteroatoms. The molecule has 0 aromatic heterocycles. The van der Waals surface area contributed by atoms with Crippen LogP contribution < -0.4 is 0 Å². The molecule has 1 aliphatic carbocycles. The third-order valence-electron chi connectivity index (χ3n) is 3.44. The predicted octanol–water partition coefficient (Wildman–Crippen LogP) is 2.99. The molecule has 1 heterocycles. The van der Waals surface area contributed by atoms with Gasteiger partial charge in [-0.3, -0.25) is 0 Å². The highest BCUT2D eigenvalue weighted by atomic mass is 32.1. The first kappa shape index (κ1) is 9.45. The van der Waals surface area contributed by atoms with Gasteiger partial charge in [-0.2, -0.15) is 0 Å². The molecule has 13 heavy (non-hydrogen) atoms. The molecule has 0 spiro atoms. The van der Waals surface area contributed by atoms with Gasteiger partial charge in [0.15, 0.2) is 0 Å². The van der Waals surface area contributed by atoms with E-state index >= 15 is 0 Å². The van der Waals surface area contributed by atoms with Crippen molar-refractivity contribution < 1.29 is 0 Å². The zero-order valence-corrected chi connectivity index (χ0v) is 9.28. The van der Waals surface area contributed by atoms with E-state index in [0.717, 1.165) is 18.4 Å². The second-order valence-electron chi connectivity index (χ2n) is 4.48. The summed E-state index contributed by atoms with van der Waals surface area (Å²) in [5.41, 5.74) is 0. The molecule has 74 valence electrons. The summed E-state index contributed by atoms with van der Waals surface area (Å²) in [6.07, 6.45) is 8.01. The Morgan fingerprint density at radius 2 is 2.31 bits per heavy atom. The van der Waals surface area contributed by atoms with Crippen molar-refractivity contribution in [1.82, 2.24) is 4.90 Å². The molecule has 2 unspecified atom stereocenters. The zero-order chi connectivity index (χ0) is 9.26. The summed E-state index contributed by atoms with van der Waals surface area (Å²) in [5.74, 6) is 0.966. The van der Waals surface area contributed by atoms with E-state index in [1.807, 2.05) is 0 Å². The quantitative estimate of drug-likeness (QED) is 0.626. The van der Waals surface area contributed by atoms with Crippen molar-refractivity contribution in [2.24, 2.45) is 5.92 Å². The van der Waals surface area contributed by atoms with Crippen LogP contribution in [-0.4, -0.2) is 22.5 Å². The van der Waals surface area contributed by atoms with Crippen LogP contribution in [0.1, 0.15) is 45.4 Å². The topological polar surface area (TPSA) is 3.24 Å². The lowest BCUT2D eigenvalue weighted by Crippen LogP contribution is -2.33. The molecule has 1 saturated heterocycles. The van der Waals surface area contributed by atoms with E-state index < -0.39 is 0 Å². The van der Waals surface area contributed by atoms with E-state index in [4.69, 9.17) is 12.2 Å². The summed E-state index contributed by atoms with van der Waals surface area (Å²) in [6.45, 7) is 3.48. The zero-order valence-electron chi connectivity index (χ0n) is 8.46. The molecule has 2 aliphatic rings. The fourth-order valence-corrected chi connectivity index (χ4v) is 3.23. The van der Waals surface area contributed by atoms with Crippen LogP contribution >= 0.6 is 12.2 Å². The smallest absolute Gasteiger partial charge is 0.0781 e. The molecule has 1 saturated carbocycles. The minimum absolute atomic E-state index is 0.817. The average Bonchev–Trinajstić information content (AvgIpc) is 2.42. The SMILES string of the molecule is CCCC(=S)N1CC2CCCC1C2. The average molecular weight is 197 g/mol. The maximum atomic E-state index is 5.46. The maximum Gasteiger partial charge on any atom is 0.0781 e. The molecule has 2 rings (SSSR count). The molecule has 0 aromatic carbocycles. The molecule has 0 amide bonds. The summed E-state index contributed by atoms with van der Waals surface area (Å²) >= 11 is 5.46. The van der Waals surface area contributed by atoms with Crippen LogP contribution in [-0.2, 0) is 0 Å². The number of fused-ring (bicyclic) bond motifs is 2. The highest BCUT2D eigenvalue weighted by molar-refractivity contribution is 7.80. The lowest BCUT2D eigenvalue weighted by atomic mass is 9.90. The summed E-state index contributed by atoms with van der Waals surface area (Å²) in [4.78, 5) is 3.76. The molecule has 0 aromatic rings. The standard InChI is InChI=1S/C11H19NS/c1-2-4-11(13)12-8-9-5-3-6-10(12)7-9/h9-10H,2-8H2,1H3. The van der Waals surface area contributed by atoms with Gasteiger partial charge in [0, 0.05) is 12.6 Å². The second kappa shape index (κ2) is 3.95. The third kappa shape index (κ3) is 1.88. The number of likely N-dealkylation sites (tertiary alicyclic amines) is 1. The largest absolute Gasteiger partial charge is 0.363 e. The van der Waals surface area contributed by atoms with Crippen LogP contribution in [0.2, 0.25) is 0 Å². The number of nitrogens with zero attached hydrogens (tertiary/aromatic N) is 1. The van der Waals surface area contributed by atoms with Gasteiger partial charge in [-0.25, -0.2) is 0 Å². The lowest BCUT2D eigenvalue weighted by Gasteiger charge is -2.26. The minimum Gasteiger partial charge on any atom is -0.363 e. The van der Waals surface area contributed by atoms with Crippen molar-refractivity contribution in [3.8, 4) is 0 Å². The van der Waals surface area contributed by atoms with Gasteiger partial charge in [0.2, 0.25) is 0 Å². The molecule has 1 aliphatic heterocycles. The van der Waals surface area contributed by atoms with Crippen LogP contribution in [0.25, 0.3) is 0 Å². The number of hydrogen-bond acceptors (Lipinski definition) is 1. The molecular weight excluding hydrogens is 178 g/mol. The Kier molecular flexibility index (Phi) is 2.87. The number of thiocarbonyl (C=S) groups is 1. The van der Waals surface area contributed by atoms with Crippen molar-refractivity contribution in [3.05, 3.63) is 0 Å². The Labute approximate surface area is 86.5 Å². The van der Waals surface area contributed by atoms with Gasteiger partial charge >= 0.3 is 0 Å². The van der Waals surface area contributed by atoms with Crippen molar-refractivity contribution in [2.75, 3.05) is 6.54 Å². The molecular formula is C11H19NS. The fourth-order valence-electron chi connectivity index (χ4n) is 2.80. The van der Waals surface area contributed by atoms with Gasteiger partial charge in [0.05, 0.1) is 4.99 Å².